The molecule has 148 valence electrons. The number of amides is 1. The Hall–Kier alpha value is -1.19. The van der Waals surface area contributed by atoms with E-state index in [9.17, 15) is 23.1 Å². The van der Waals surface area contributed by atoms with E-state index < -0.39 is 32.7 Å². The highest BCUT2D eigenvalue weighted by Crippen LogP contribution is 2.63. The average Bonchev–Trinajstić information content (AvgIpc) is 3.20. The Labute approximate surface area is 154 Å². The van der Waals surface area contributed by atoms with Gasteiger partial charge in [0.15, 0.2) is 5.41 Å². The number of carboxylic acid groups (broad SMARTS) is 1. The van der Waals surface area contributed by atoms with Gasteiger partial charge in [0.25, 0.3) is 0 Å². The largest absolute Gasteiger partial charge is 0.480 e. The molecule has 1 unspecified atom stereocenters. The summed E-state index contributed by atoms with van der Waals surface area (Å²) in [6.45, 7) is 5.22. The van der Waals surface area contributed by atoms with Crippen molar-refractivity contribution < 1.29 is 27.9 Å². The van der Waals surface area contributed by atoms with Gasteiger partial charge in [0, 0.05) is 32.3 Å². The van der Waals surface area contributed by atoms with Gasteiger partial charge in [-0.2, -0.15) is 0 Å². The molecule has 0 aromatic carbocycles. The van der Waals surface area contributed by atoms with Crippen molar-refractivity contribution in [3.63, 3.8) is 0 Å². The van der Waals surface area contributed by atoms with Crippen LogP contribution >= 0.6 is 0 Å². The van der Waals surface area contributed by atoms with Gasteiger partial charge in [0.2, 0.25) is 15.9 Å². The first-order chi connectivity index (χ1) is 12.1. The van der Waals surface area contributed by atoms with E-state index in [1.54, 1.807) is 13.8 Å². The quantitative estimate of drug-likeness (QED) is 0.666. The number of sulfonamides is 1. The number of aliphatic carboxylic acids is 1. The molecule has 8 nitrogen and oxygen atoms in total. The van der Waals surface area contributed by atoms with Crippen LogP contribution in [0.4, 0.5) is 0 Å². The fourth-order valence-corrected chi connectivity index (χ4v) is 6.15. The molecule has 1 amide bonds. The van der Waals surface area contributed by atoms with Gasteiger partial charge in [-0.05, 0) is 37.5 Å². The molecule has 0 radical (unpaired) electrons. The van der Waals surface area contributed by atoms with Crippen LogP contribution in [0.3, 0.4) is 0 Å². The highest BCUT2D eigenvalue weighted by molar-refractivity contribution is 7.89. The van der Waals surface area contributed by atoms with E-state index in [4.69, 9.17) is 4.74 Å². The summed E-state index contributed by atoms with van der Waals surface area (Å²) in [6, 6.07) is -0.184. The number of carbonyl (C=O) groups is 2. The molecule has 0 aromatic heterocycles. The molecule has 0 spiro atoms. The Bertz CT molecular complexity index is 677. The predicted octanol–water partition coefficient (Wildman–Crippen LogP) is 0.577. The van der Waals surface area contributed by atoms with Gasteiger partial charge in [0.05, 0.1) is 5.25 Å². The first-order valence-electron chi connectivity index (χ1n) is 9.22. The van der Waals surface area contributed by atoms with Crippen LogP contribution in [0, 0.1) is 10.8 Å². The molecule has 1 aliphatic carbocycles. The Morgan fingerprint density at radius 3 is 2.12 bits per heavy atom. The van der Waals surface area contributed by atoms with E-state index in [-0.39, 0.29) is 11.3 Å². The van der Waals surface area contributed by atoms with Crippen LogP contribution in [0.1, 0.15) is 46.0 Å². The van der Waals surface area contributed by atoms with Crippen LogP contribution in [0.2, 0.25) is 0 Å². The fourth-order valence-electron chi connectivity index (χ4n) is 4.22. The molecule has 0 bridgehead atoms. The van der Waals surface area contributed by atoms with E-state index in [1.165, 1.54) is 4.31 Å². The van der Waals surface area contributed by atoms with Gasteiger partial charge in [-0.3, -0.25) is 9.59 Å². The molecule has 3 fully saturated rings. The summed E-state index contributed by atoms with van der Waals surface area (Å²) in [5.74, 6) is -1.53. The van der Waals surface area contributed by atoms with Gasteiger partial charge < -0.3 is 15.2 Å². The Morgan fingerprint density at radius 2 is 1.65 bits per heavy atom. The number of hydrogen-bond acceptors (Lipinski definition) is 5. The van der Waals surface area contributed by atoms with Gasteiger partial charge in [-0.1, -0.05) is 13.8 Å². The van der Waals surface area contributed by atoms with Gasteiger partial charge >= 0.3 is 5.97 Å². The number of nitrogens with zero attached hydrogens (tertiary/aromatic N) is 1. The molecule has 9 heteroatoms. The fraction of sp³-hybridized carbons (Fsp3) is 0.882. The maximum Gasteiger partial charge on any atom is 0.319 e. The van der Waals surface area contributed by atoms with E-state index >= 15 is 0 Å². The first kappa shape index (κ1) is 19.6. The molecule has 0 aromatic rings. The summed E-state index contributed by atoms with van der Waals surface area (Å²) < 4.78 is 32.2. The molecular weight excluding hydrogens is 360 g/mol. The van der Waals surface area contributed by atoms with Gasteiger partial charge in [0.1, 0.15) is 0 Å². The molecule has 1 atom stereocenters. The third kappa shape index (κ3) is 3.25. The number of carboxylic acids is 1. The molecule has 26 heavy (non-hydrogen) atoms. The number of nitrogens with one attached hydrogen (secondary N) is 1. The van der Waals surface area contributed by atoms with Crippen molar-refractivity contribution in [1.82, 2.24) is 9.62 Å². The summed E-state index contributed by atoms with van der Waals surface area (Å²) in [5.41, 5.74) is -1.89. The van der Waals surface area contributed by atoms with E-state index in [0.29, 0.717) is 58.4 Å². The molecule has 2 heterocycles. The zero-order valence-corrected chi connectivity index (χ0v) is 16.2. The lowest BCUT2D eigenvalue weighted by molar-refractivity contribution is -0.151. The summed E-state index contributed by atoms with van der Waals surface area (Å²) in [6.07, 6.45) is 2.39. The van der Waals surface area contributed by atoms with Crippen LogP contribution < -0.4 is 5.32 Å². The molecule has 2 saturated heterocycles. The Kier molecular flexibility index (Phi) is 5.09. The van der Waals surface area contributed by atoms with Crippen molar-refractivity contribution in [2.24, 2.45) is 10.8 Å². The van der Waals surface area contributed by atoms with Gasteiger partial charge in [-0.25, -0.2) is 12.7 Å². The van der Waals surface area contributed by atoms with Crippen LogP contribution in [-0.2, 0) is 24.3 Å². The Morgan fingerprint density at radius 1 is 1.12 bits per heavy atom. The van der Waals surface area contributed by atoms with E-state index in [1.807, 2.05) is 0 Å². The number of hydrogen-bond donors (Lipinski definition) is 2. The lowest BCUT2D eigenvalue weighted by atomic mass is 9.94. The molecule has 3 rings (SSSR count). The summed E-state index contributed by atoms with van der Waals surface area (Å²) in [7, 11) is -3.34. The van der Waals surface area contributed by atoms with E-state index in [0.717, 1.165) is 0 Å². The molecule has 2 aliphatic heterocycles. The second-order valence-electron chi connectivity index (χ2n) is 8.27. The van der Waals surface area contributed by atoms with Crippen molar-refractivity contribution >= 4 is 21.9 Å². The second-order valence-corrected chi connectivity index (χ2v) is 10.5. The monoisotopic (exact) mass is 388 g/mol. The third-order valence-corrected chi connectivity index (χ3v) is 8.63. The number of carbonyl (C=O) groups excluding carboxylic acids is 1. The Balaban J connectivity index is 1.56. The zero-order valence-electron chi connectivity index (χ0n) is 15.4. The number of rotatable bonds is 5. The topological polar surface area (TPSA) is 113 Å². The minimum Gasteiger partial charge on any atom is -0.480 e. The van der Waals surface area contributed by atoms with Crippen LogP contribution in [0.5, 0.6) is 0 Å². The van der Waals surface area contributed by atoms with Crippen LogP contribution in [0.15, 0.2) is 0 Å². The predicted molar refractivity (Wildman–Crippen MR) is 94.0 cm³/mol. The van der Waals surface area contributed by atoms with Crippen molar-refractivity contribution in [1.29, 1.82) is 0 Å². The van der Waals surface area contributed by atoms with Crippen molar-refractivity contribution in [2.45, 2.75) is 57.2 Å². The smallest absolute Gasteiger partial charge is 0.319 e. The minimum atomic E-state index is -3.34. The van der Waals surface area contributed by atoms with Crippen molar-refractivity contribution in [3.05, 3.63) is 0 Å². The maximum atomic E-state index is 12.7. The molecule has 2 N–H and O–H groups in total. The third-order valence-electron chi connectivity index (χ3n) is 6.23. The van der Waals surface area contributed by atoms with Crippen molar-refractivity contribution in [2.75, 3.05) is 26.3 Å². The van der Waals surface area contributed by atoms with E-state index in [2.05, 4.69) is 5.32 Å². The first-order valence-corrected chi connectivity index (χ1v) is 10.7. The molecular formula is C17H28N2O6S. The SMILES string of the molecule is CC1(C)CC1(C(=O)O)C(=O)NC1CCN(S(=O)(=O)C2CCOCC2)CC1. The van der Waals surface area contributed by atoms with Crippen molar-refractivity contribution in [3.8, 4) is 0 Å². The minimum absolute atomic E-state index is 0.184. The van der Waals surface area contributed by atoms with Crippen LogP contribution in [0.25, 0.3) is 0 Å². The summed E-state index contributed by atoms with van der Waals surface area (Å²) in [4.78, 5) is 24.1. The summed E-state index contributed by atoms with van der Waals surface area (Å²) >= 11 is 0. The normalized spacial score (nSPS) is 30.7. The summed E-state index contributed by atoms with van der Waals surface area (Å²) in [5, 5.41) is 11.9. The second kappa shape index (κ2) is 6.76. The maximum absolute atomic E-state index is 12.7. The number of piperidine rings is 1. The lowest BCUT2D eigenvalue weighted by Crippen LogP contribution is -2.51. The average molecular weight is 388 g/mol. The molecule has 3 aliphatic rings. The van der Waals surface area contributed by atoms with Gasteiger partial charge in [-0.15, -0.1) is 0 Å². The highest BCUT2D eigenvalue weighted by atomic mass is 32.2. The van der Waals surface area contributed by atoms with Crippen LogP contribution in [-0.4, -0.2) is 67.3 Å². The molecule has 1 saturated carbocycles. The number of ether oxygens (including phenoxy) is 1. The standard InChI is InChI=1S/C17H28N2O6S/c1-16(2)11-17(16,15(21)22)14(20)18-12-3-7-19(8-4-12)26(23,24)13-5-9-25-10-6-13/h12-13H,3-11H2,1-2H3,(H,18,20)(H,21,22). The lowest BCUT2D eigenvalue weighted by Gasteiger charge is -2.35. The highest BCUT2D eigenvalue weighted by Gasteiger charge is 2.72. The zero-order chi connectivity index (χ0) is 19.2.